The molecule has 0 N–H and O–H groups in total. The highest BCUT2D eigenvalue weighted by molar-refractivity contribution is 8.13. The zero-order chi connectivity index (χ0) is 9.47. The third-order valence-electron chi connectivity index (χ3n) is 1.72. The molecule has 1 aromatic heterocycles. The number of halogens is 1. The summed E-state index contributed by atoms with van der Waals surface area (Å²) in [5.74, 6) is 0.622. The van der Waals surface area contributed by atoms with Gasteiger partial charge in [0.15, 0.2) is 5.82 Å². The first-order valence-corrected chi connectivity index (χ1v) is 6.27. The van der Waals surface area contributed by atoms with Crippen molar-refractivity contribution in [1.82, 2.24) is 10.1 Å². The van der Waals surface area contributed by atoms with E-state index < -0.39 is 14.8 Å². The van der Waals surface area contributed by atoms with Crippen molar-refractivity contribution in [2.45, 2.75) is 24.5 Å². The number of hydrogen-bond acceptors (Lipinski definition) is 5. The van der Waals surface area contributed by atoms with Crippen molar-refractivity contribution in [3.8, 4) is 0 Å². The van der Waals surface area contributed by atoms with Gasteiger partial charge in [0.25, 0.3) is 0 Å². The molecule has 2 rings (SSSR count). The van der Waals surface area contributed by atoms with Crippen LogP contribution in [-0.4, -0.2) is 18.6 Å². The van der Waals surface area contributed by atoms with Crippen LogP contribution in [0.2, 0.25) is 0 Å². The molecule has 1 aliphatic carbocycles. The monoisotopic (exact) mass is 222 g/mol. The van der Waals surface area contributed by atoms with Crippen molar-refractivity contribution in [3.63, 3.8) is 0 Å². The first-order chi connectivity index (χ1) is 6.04. The van der Waals surface area contributed by atoms with Crippen LogP contribution < -0.4 is 0 Å². The Hall–Kier alpha value is -0.620. The van der Waals surface area contributed by atoms with Gasteiger partial charge in [-0.25, -0.2) is 8.42 Å². The quantitative estimate of drug-likeness (QED) is 0.714. The molecule has 0 unspecified atom stereocenters. The first-order valence-electron chi connectivity index (χ1n) is 3.79. The van der Waals surface area contributed by atoms with Gasteiger partial charge < -0.3 is 4.52 Å². The standard InChI is InChI=1S/C6H7ClN2O3S/c7-13(10,11)3-5-8-6(9-12-5)4-1-2-4/h4H,1-3H2. The van der Waals surface area contributed by atoms with E-state index in [1.165, 1.54) is 0 Å². The fourth-order valence-corrected chi connectivity index (χ4v) is 1.67. The molecular weight excluding hydrogens is 216 g/mol. The lowest BCUT2D eigenvalue weighted by Gasteiger charge is -1.85. The maximum Gasteiger partial charge on any atom is 0.243 e. The van der Waals surface area contributed by atoms with Gasteiger partial charge in [-0.3, -0.25) is 0 Å². The normalized spacial score (nSPS) is 17.6. The fourth-order valence-electron chi connectivity index (χ4n) is 0.982. The molecule has 1 aromatic rings. The third-order valence-corrected chi connectivity index (χ3v) is 2.64. The van der Waals surface area contributed by atoms with Crippen LogP contribution in [0.25, 0.3) is 0 Å². The summed E-state index contributed by atoms with van der Waals surface area (Å²) in [5.41, 5.74) is 0. The Balaban J connectivity index is 2.13. The third kappa shape index (κ3) is 2.41. The molecule has 0 amide bonds. The summed E-state index contributed by atoms with van der Waals surface area (Å²) >= 11 is 0. The highest BCUT2D eigenvalue weighted by Crippen LogP contribution is 2.38. The molecule has 0 atom stereocenters. The lowest BCUT2D eigenvalue weighted by Crippen LogP contribution is -1.95. The van der Waals surface area contributed by atoms with Crippen LogP contribution in [0.1, 0.15) is 30.5 Å². The van der Waals surface area contributed by atoms with Crippen molar-refractivity contribution >= 4 is 19.7 Å². The Morgan fingerprint density at radius 2 is 2.23 bits per heavy atom. The van der Waals surface area contributed by atoms with E-state index in [-0.39, 0.29) is 5.89 Å². The van der Waals surface area contributed by atoms with Gasteiger partial charge in [-0.05, 0) is 12.8 Å². The largest absolute Gasteiger partial charge is 0.338 e. The van der Waals surface area contributed by atoms with Crippen molar-refractivity contribution < 1.29 is 12.9 Å². The second-order valence-corrected chi connectivity index (χ2v) is 5.78. The summed E-state index contributed by atoms with van der Waals surface area (Å²) in [7, 11) is 1.42. The summed E-state index contributed by atoms with van der Waals surface area (Å²) < 4.78 is 26.0. The zero-order valence-corrected chi connectivity index (χ0v) is 8.18. The first kappa shape index (κ1) is 8.96. The predicted molar refractivity (Wildman–Crippen MR) is 44.7 cm³/mol. The molecule has 0 radical (unpaired) electrons. The number of nitrogens with zero attached hydrogens (tertiary/aromatic N) is 2. The predicted octanol–water partition coefficient (Wildman–Crippen LogP) is 1.02. The second-order valence-electron chi connectivity index (χ2n) is 3.00. The second kappa shape index (κ2) is 2.95. The van der Waals surface area contributed by atoms with E-state index in [9.17, 15) is 8.42 Å². The van der Waals surface area contributed by atoms with Crippen LogP contribution in [0.3, 0.4) is 0 Å². The van der Waals surface area contributed by atoms with Crippen molar-refractivity contribution in [1.29, 1.82) is 0 Å². The minimum Gasteiger partial charge on any atom is -0.338 e. The summed E-state index contributed by atoms with van der Waals surface area (Å²) in [6.45, 7) is 0. The van der Waals surface area contributed by atoms with Crippen molar-refractivity contribution in [2.24, 2.45) is 0 Å². The summed E-state index contributed by atoms with van der Waals surface area (Å²) in [6.07, 6.45) is 2.10. The van der Waals surface area contributed by atoms with E-state index in [0.29, 0.717) is 11.7 Å². The molecule has 13 heavy (non-hydrogen) atoms. The Morgan fingerprint density at radius 3 is 2.77 bits per heavy atom. The van der Waals surface area contributed by atoms with Crippen LogP contribution >= 0.6 is 10.7 Å². The number of rotatable bonds is 3. The maximum atomic E-state index is 10.6. The average Bonchev–Trinajstić information content (AvgIpc) is 2.72. The van der Waals surface area contributed by atoms with Gasteiger partial charge in [-0.2, -0.15) is 4.98 Å². The van der Waals surface area contributed by atoms with Gasteiger partial charge >= 0.3 is 0 Å². The van der Waals surface area contributed by atoms with Crippen LogP contribution in [-0.2, 0) is 14.8 Å². The number of aromatic nitrogens is 2. The fraction of sp³-hybridized carbons (Fsp3) is 0.667. The van der Waals surface area contributed by atoms with E-state index in [0.717, 1.165) is 12.8 Å². The van der Waals surface area contributed by atoms with E-state index in [4.69, 9.17) is 15.2 Å². The topological polar surface area (TPSA) is 73.1 Å². The molecule has 0 spiro atoms. The molecule has 5 nitrogen and oxygen atoms in total. The van der Waals surface area contributed by atoms with E-state index in [1.807, 2.05) is 0 Å². The highest BCUT2D eigenvalue weighted by atomic mass is 35.7. The van der Waals surface area contributed by atoms with Gasteiger partial charge in [0.05, 0.1) is 0 Å². The zero-order valence-electron chi connectivity index (χ0n) is 6.60. The lowest BCUT2D eigenvalue weighted by atomic mass is 10.4. The van der Waals surface area contributed by atoms with Gasteiger partial charge in [0.1, 0.15) is 5.75 Å². The summed E-state index contributed by atoms with van der Waals surface area (Å²) in [5, 5.41) is 3.65. The SMILES string of the molecule is O=S(=O)(Cl)Cc1nc(C2CC2)no1. The molecule has 1 heterocycles. The van der Waals surface area contributed by atoms with Crippen LogP contribution in [0.5, 0.6) is 0 Å². The summed E-state index contributed by atoms with van der Waals surface area (Å²) in [6, 6.07) is 0. The van der Waals surface area contributed by atoms with Crippen molar-refractivity contribution in [2.75, 3.05) is 0 Å². The van der Waals surface area contributed by atoms with Gasteiger partial charge in [0.2, 0.25) is 14.9 Å². The Labute approximate surface area is 79.5 Å². The molecule has 7 heteroatoms. The van der Waals surface area contributed by atoms with Crippen molar-refractivity contribution in [3.05, 3.63) is 11.7 Å². The molecule has 0 saturated heterocycles. The van der Waals surface area contributed by atoms with E-state index in [1.54, 1.807) is 0 Å². The molecular formula is C6H7ClN2O3S. The smallest absolute Gasteiger partial charge is 0.243 e. The minimum atomic E-state index is -3.59. The number of hydrogen-bond donors (Lipinski definition) is 0. The van der Waals surface area contributed by atoms with Gasteiger partial charge in [0, 0.05) is 16.6 Å². The van der Waals surface area contributed by atoms with Crippen LogP contribution in [0, 0.1) is 0 Å². The lowest BCUT2D eigenvalue weighted by molar-refractivity contribution is 0.383. The Kier molecular flexibility index (Phi) is 2.03. The molecule has 0 bridgehead atoms. The minimum absolute atomic E-state index is 0.0666. The Bertz CT molecular complexity index is 409. The summed E-state index contributed by atoms with van der Waals surface area (Å²) in [4.78, 5) is 3.92. The van der Waals surface area contributed by atoms with E-state index >= 15 is 0 Å². The molecule has 1 saturated carbocycles. The van der Waals surface area contributed by atoms with Crippen LogP contribution in [0.4, 0.5) is 0 Å². The van der Waals surface area contributed by atoms with Gasteiger partial charge in [-0.15, -0.1) is 0 Å². The molecule has 1 aliphatic rings. The van der Waals surface area contributed by atoms with Crippen LogP contribution in [0.15, 0.2) is 4.52 Å². The van der Waals surface area contributed by atoms with E-state index in [2.05, 4.69) is 10.1 Å². The molecule has 1 fully saturated rings. The Morgan fingerprint density at radius 1 is 1.54 bits per heavy atom. The maximum absolute atomic E-state index is 10.6. The molecule has 0 aromatic carbocycles. The average molecular weight is 223 g/mol. The molecule has 0 aliphatic heterocycles. The van der Waals surface area contributed by atoms with Gasteiger partial charge in [-0.1, -0.05) is 5.16 Å². The molecule has 72 valence electrons. The highest BCUT2D eigenvalue weighted by Gasteiger charge is 2.29.